The highest BCUT2D eigenvalue weighted by molar-refractivity contribution is 6.23. The van der Waals surface area contributed by atoms with Crippen LogP contribution in [0.25, 0.3) is 0 Å². The highest BCUT2D eigenvalue weighted by Crippen LogP contribution is 2.27. The molecule has 3 rings (SSSR count). The summed E-state index contributed by atoms with van der Waals surface area (Å²) in [6.07, 6.45) is 6.51. The SMILES string of the molecule is O=C1C=C(NC(=O)C2CCC2)C(=O)c2nccnc21. The standard InChI is InChI=1S/C13H11N3O3/c17-9-6-8(16-13(19)7-2-1-3-7)12(18)11-10(9)14-4-5-15-11/h4-7H,1-3H2,(H,16,19). The molecule has 0 bridgehead atoms. The van der Waals surface area contributed by atoms with Crippen LogP contribution in [0.5, 0.6) is 0 Å². The molecule has 0 saturated heterocycles. The zero-order chi connectivity index (χ0) is 13.4. The van der Waals surface area contributed by atoms with Crippen molar-refractivity contribution < 1.29 is 14.4 Å². The fourth-order valence-corrected chi connectivity index (χ4v) is 2.08. The van der Waals surface area contributed by atoms with Gasteiger partial charge in [0.05, 0.1) is 5.70 Å². The van der Waals surface area contributed by atoms with Crippen LogP contribution in [-0.2, 0) is 4.79 Å². The van der Waals surface area contributed by atoms with Crippen LogP contribution in [-0.4, -0.2) is 27.4 Å². The van der Waals surface area contributed by atoms with E-state index in [1.165, 1.54) is 12.4 Å². The third-order valence-electron chi connectivity index (χ3n) is 3.40. The van der Waals surface area contributed by atoms with E-state index in [-0.39, 0.29) is 28.9 Å². The highest BCUT2D eigenvalue weighted by atomic mass is 16.2. The Morgan fingerprint density at radius 1 is 1.16 bits per heavy atom. The van der Waals surface area contributed by atoms with Gasteiger partial charge in [0.15, 0.2) is 0 Å². The van der Waals surface area contributed by atoms with Crippen molar-refractivity contribution in [1.82, 2.24) is 15.3 Å². The fourth-order valence-electron chi connectivity index (χ4n) is 2.08. The smallest absolute Gasteiger partial charge is 0.230 e. The van der Waals surface area contributed by atoms with Crippen LogP contribution in [0.2, 0.25) is 0 Å². The molecule has 1 aromatic rings. The molecule has 0 spiro atoms. The minimum atomic E-state index is -0.463. The Hall–Kier alpha value is -2.37. The Morgan fingerprint density at radius 3 is 2.47 bits per heavy atom. The molecule has 0 aromatic carbocycles. The Kier molecular flexibility index (Phi) is 2.70. The van der Waals surface area contributed by atoms with E-state index in [2.05, 4.69) is 15.3 Å². The van der Waals surface area contributed by atoms with Crippen molar-refractivity contribution in [3.8, 4) is 0 Å². The predicted octanol–water partition coefficient (Wildman–Crippen LogP) is 0.656. The van der Waals surface area contributed by atoms with Crippen molar-refractivity contribution in [2.24, 2.45) is 5.92 Å². The number of rotatable bonds is 2. The summed E-state index contributed by atoms with van der Waals surface area (Å²) in [7, 11) is 0. The summed E-state index contributed by atoms with van der Waals surface area (Å²) in [5.41, 5.74) is 0.0305. The molecule has 1 heterocycles. The molecule has 19 heavy (non-hydrogen) atoms. The second-order valence-electron chi connectivity index (χ2n) is 4.62. The molecule has 1 aromatic heterocycles. The molecule has 0 radical (unpaired) electrons. The molecule has 1 fully saturated rings. The van der Waals surface area contributed by atoms with Crippen molar-refractivity contribution in [3.63, 3.8) is 0 Å². The lowest BCUT2D eigenvalue weighted by molar-refractivity contribution is -0.126. The number of hydrogen-bond donors (Lipinski definition) is 1. The van der Waals surface area contributed by atoms with E-state index in [1.54, 1.807) is 0 Å². The van der Waals surface area contributed by atoms with Crippen LogP contribution < -0.4 is 5.32 Å². The number of carbonyl (C=O) groups excluding carboxylic acids is 3. The van der Waals surface area contributed by atoms with E-state index < -0.39 is 11.6 Å². The van der Waals surface area contributed by atoms with Gasteiger partial charge in [-0.2, -0.15) is 0 Å². The van der Waals surface area contributed by atoms with Crippen LogP contribution in [0.15, 0.2) is 24.2 Å². The molecule has 6 heteroatoms. The third-order valence-corrected chi connectivity index (χ3v) is 3.40. The van der Waals surface area contributed by atoms with Crippen molar-refractivity contribution in [2.75, 3.05) is 0 Å². The summed E-state index contributed by atoms with van der Waals surface area (Å²) in [6.45, 7) is 0. The number of nitrogens with one attached hydrogen (secondary N) is 1. The fraction of sp³-hybridized carbons (Fsp3) is 0.308. The Morgan fingerprint density at radius 2 is 1.84 bits per heavy atom. The maximum Gasteiger partial charge on any atom is 0.230 e. The van der Waals surface area contributed by atoms with Gasteiger partial charge in [0, 0.05) is 24.4 Å². The molecule has 1 amide bonds. The Balaban J connectivity index is 1.86. The largest absolute Gasteiger partial charge is 0.322 e. The molecule has 0 atom stereocenters. The maximum absolute atomic E-state index is 12.1. The molecule has 0 unspecified atom stereocenters. The quantitative estimate of drug-likeness (QED) is 0.840. The van der Waals surface area contributed by atoms with Gasteiger partial charge in [-0.15, -0.1) is 0 Å². The molecule has 0 aliphatic heterocycles. The average molecular weight is 257 g/mol. The molecule has 2 aliphatic carbocycles. The summed E-state index contributed by atoms with van der Waals surface area (Å²) >= 11 is 0. The zero-order valence-corrected chi connectivity index (χ0v) is 10.0. The normalized spacial score (nSPS) is 18.4. The third kappa shape index (κ3) is 1.95. The number of ketones is 2. The van der Waals surface area contributed by atoms with Gasteiger partial charge in [-0.3, -0.25) is 14.4 Å². The lowest BCUT2D eigenvalue weighted by Crippen LogP contribution is -2.38. The first-order valence-corrected chi connectivity index (χ1v) is 6.09. The number of amides is 1. The van der Waals surface area contributed by atoms with Crippen LogP contribution in [0.4, 0.5) is 0 Å². The second kappa shape index (κ2) is 4.38. The Bertz CT molecular complexity index is 617. The van der Waals surface area contributed by atoms with Gasteiger partial charge < -0.3 is 5.32 Å². The predicted molar refractivity (Wildman–Crippen MR) is 64.3 cm³/mol. The first-order chi connectivity index (χ1) is 9.16. The minimum Gasteiger partial charge on any atom is -0.322 e. The summed E-state index contributed by atoms with van der Waals surface area (Å²) in [5.74, 6) is -1.12. The number of Topliss-reactive ketones (excluding diaryl/α,β-unsaturated/α-hetero) is 1. The topological polar surface area (TPSA) is 89.0 Å². The summed E-state index contributed by atoms with van der Waals surface area (Å²) < 4.78 is 0. The van der Waals surface area contributed by atoms with E-state index in [0.29, 0.717) is 0 Å². The molecule has 2 aliphatic rings. The summed E-state index contributed by atoms with van der Waals surface area (Å²) in [5, 5.41) is 2.53. The molecule has 96 valence electrons. The van der Waals surface area contributed by atoms with Gasteiger partial charge in [0.2, 0.25) is 17.5 Å². The van der Waals surface area contributed by atoms with Crippen LogP contribution >= 0.6 is 0 Å². The van der Waals surface area contributed by atoms with Crippen molar-refractivity contribution >= 4 is 17.5 Å². The summed E-state index contributed by atoms with van der Waals surface area (Å²) in [4.78, 5) is 43.4. The van der Waals surface area contributed by atoms with E-state index in [0.717, 1.165) is 25.3 Å². The van der Waals surface area contributed by atoms with Gasteiger partial charge in [0.1, 0.15) is 11.4 Å². The van der Waals surface area contributed by atoms with Crippen LogP contribution in [0.1, 0.15) is 40.2 Å². The van der Waals surface area contributed by atoms with E-state index in [1.807, 2.05) is 0 Å². The molecular formula is C13H11N3O3. The number of fused-ring (bicyclic) bond motifs is 1. The van der Waals surface area contributed by atoms with E-state index >= 15 is 0 Å². The van der Waals surface area contributed by atoms with Gasteiger partial charge >= 0.3 is 0 Å². The molecule has 6 nitrogen and oxygen atoms in total. The van der Waals surface area contributed by atoms with Gasteiger partial charge in [-0.1, -0.05) is 6.42 Å². The number of aromatic nitrogens is 2. The van der Waals surface area contributed by atoms with E-state index in [9.17, 15) is 14.4 Å². The molecule has 1 N–H and O–H groups in total. The number of allylic oxidation sites excluding steroid dienone is 2. The minimum absolute atomic E-state index is 0.00101. The Labute approximate surface area is 108 Å². The summed E-state index contributed by atoms with van der Waals surface area (Å²) in [6, 6.07) is 0. The zero-order valence-electron chi connectivity index (χ0n) is 10.0. The maximum atomic E-state index is 12.1. The lowest BCUT2D eigenvalue weighted by atomic mass is 9.84. The number of nitrogens with zero attached hydrogens (tertiary/aromatic N) is 2. The average Bonchev–Trinajstić information content (AvgIpc) is 2.33. The van der Waals surface area contributed by atoms with Crippen molar-refractivity contribution in [2.45, 2.75) is 19.3 Å². The lowest BCUT2D eigenvalue weighted by Gasteiger charge is -2.25. The second-order valence-corrected chi connectivity index (χ2v) is 4.62. The van der Waals surface area contributed by atoms with Gasteiger partial charge in [0.25, 0.3) is 0 Å². The van der Waals surface area contributed by atoms with Crippen molar-refractivity contribution in [3.05, 3.63) is 35.6 Å². The van der Waals surface area contributed by atoms with Crippen molar-refractivity contribution in [1.29, 1.82) is 0 Å². The van der Waals surface area contributed by atoms with Gasteiger partial charge in [-0.05, 0) is 12.8 Å². The van der Waals surface area contributed by atoms with Crippen LogP contribution in [0.3, 0.4) is 0 Å². The highest BCUT2D eigenvalue weighted by Gasteiger charge is 2.31. The number of carbonyl (C=O) groups is 3. The molecular weight excluding hydrogens is 246 g/mol. The number of hydrogen-bond acceptors (Lipinski definition) is 5. The van der Waals surface area contributed by atoms with Gasteiger partial charge in [-0.25, -0.2) is 9.97 Å². The van der Waals surface area contributed by atoms with Crippen LogP contribution in [0, 0.1) is 5.92 Å². The van der Waals surface area contributed by atoms with E-state index in [4.69, 9.17) is 0 Å². The molecule has 1 saturated carbocycles. The first kappa shape index (κ1) is 11.7. The monoisotopic (exact) mass is 257 g/mol. The first-order valence-electron chi connectivity index (χ1n) is 6.09.